The van der Waals surface area contributed by atoms with Gasteiger partial charge in [0.1, 0.15) is 5.78 Å². The summed E-state index contributed by atoms with van der Waals surface area (Å²) in [6.45, 7) is 4.49. The van der Waals surface area contributed by atoms with Gasteiger partial charge in [-0.15, -0.1) is 0 Å². The molecule has 0 aromatic heterocycles. The molecule has 0 unspecified atom stereocenters. The third kappa shape index (κ3) is 82700. The van der Waals surface area contributed by atoms with Gasteiger partial charge < -0.3 is 4.79 Å². The first kappa shape index (κ1) is 15.7. The predicted octanol–water partition coefficient (Wildman–Crippen LogP) is 1.12. The largest absolute Gasteiger partial charge is 4.00 e. The molecule has 0 fully saturated rings. The number of nitrogens with zero attached hydrogens (tertiary/aromatic N) is 1. The number of rotatable bonds is 0. The van der Waals surface area contributed by atoms with Gasteiger partial charge in [0.25, 0.3) is 0 Å². The number of carbonyl (C=O) groups excluding carboxylic acids is 1. The van der Waals surface area contributed by atoms with Crippen LogP contribution in [0.2, 0.25) is 0 Å². The maximum atomic E-state index is 9.44. The molecule has 0 bridgehead atoms. The monoisotopic (exact) mass is 189 g/mol. The van der Waals surface area contributed by atoms with E-state index in [4.69, 9.17) is 5.26 Å². The number of carbonyl (C=O) groups is 1. The summed E-state index contributed by atoms with van der Waals surface area (Å²) in [5.74, 6) is 0.167. The van der Waals surface area contributed by atoms with Gasteiger partial charge in [0.2, 0.25) is 0 Å². The van der Waals surface area contributed by atoms with Crippen LogP contribution in [0.1, 0.15) is 20.8 Å². The molecule has 0 rings (SSSR count). The summed E-state index contributed by atoms with van der Waals surface area (Å²) in [5, 5.41) is 7.32. The summed E-state index contributed by atoms with van der Waals surface area (Å²) >= 11 is 0. The van der Waals surface area contributed by atoms with Crippen molar-refractivity contribution in [2.75, 3.05) is 0 Å². The Morgan fingerprint density at radius 1 is 1.50 bits per heavy atom. The Labute approximate surface area is 69.0 Å². The molecule has 8 heavy (non-hydrogen) atoms. The van der Waals surface area contributed by atoms with Crippen LogP contribution in [0.15, 0.2) is 0 Å². The Morgan fingerprint density at radius 2 is 1.50 bits per heavy atom. The quantitative estimate of drug-likeness (QED) is 0.574. The molecule has 0 aromatic rings. The van der Waals surface area contributed by atoms with E-state index in [0.717, 1.165) is 0 Å². The summed E-state index contributed by atoms with van der Waals surface area (Å²) in [6, 6.07) is 1.75. The second kappa shape index (κ2) is 15.7. The maximum absolute atomic E-state index is 9.44. The second-order valence-corrected chi connectivity index (χ2v) is 1.13. The van der Waals surface area contributed by atoms with E-state index < -0.39 is 0 Å². The van der Waals surface area contributed by atoms with E-state index in [1.807, 2.05) is 0 Å². The van der Waals surface area contributed by atoms with E-state index in [0.29, 0.717) is 0 Å². The molecule has 0 aliphatic carbocycles. The molecule has 0 amide bonds. The van der Waals surface area contributed by atoms with Crippen molar-refractivity contribution in [2.24, 2.45) is 0 Å². The first-order valence-corrected chi connectivity index (χ1v) is 1.93. The fourth-order valence-corrected chi connectivity index (χ4v) is 0. The van der Waals surface area contributed by atoms with Crippen molar-refractivity contribution in [3.8, 4) is 6.07 Å². The van der Waals surface area contributed by atoms with Crippen LogP contribution in [0.5, 0.6) is 0 Å². The molecule has 3 heteroatoms. The summed E-state index contributed by atoms with van der Waals surface area (Å²) < 4.78 is 0. The maximum Gasteiger partial charge on any atom is 4.00 e. The zero-order valence-corrected chi connectivity index (χ0v) is 7.81. The Hall–Kier alpha value is 0.0431. The molecule has 0 spiro atoms. The Balaban J connectivity index is -0.0000000575. The average molecular weight is 190 g/mol. The Morgan fingerprint density at radius 3 is 1.50 bits per heavy atom. The topological polar surface area (TPSA) is 40.9 Å². The van der Waals surface area contributed by atoms with Gasteiger partial charge in [0.05, 0.1) is 6.07 Å². The smallest absolute Gasteiger partial charge is 0.300 e. The molecule has 0 radical (unpaired) electrons. The van der Waals surface area contributed by atoms with Crippen LogP contribution in [0.3, 0.4) is 0 Å². The first-order chi connectivity index (χ1) is 3.15. The number of nitriles is 1. The van der Waals surface area contributed by atoms with E-state index in [9.17, 15) is 4.79 Å². The van der Waals surface area contributed by atoms with Crippen LogP contribution in [0.25, 0.3) is 0 Å². The average Bonchev–Trinajstić information content (AvgIpc) is 1.33. The van der Waals surface area contributed by atoms with Crippen LogP contribution >= 0.6 is 0 Å². The zero-order chi connectivity index (χ0) is 6.28. The fourth-order valence-electron chi connectivity index (χ4n) is 0. The van der Waals surface area contributed by atoms with Crippen molar-refractivity contribution in [3.05, 3.63) is 0 Å². The second-order valence-electron chi connectivity index (χ2n) is 1.13. The summed E-state index contributed by atoms with van der Waals surface area (Å²) in [4.78, 5) is 9.44. The molecule has 0 N–H and O–H groups in total. The van der Waals surface area contributed by atoms with Crippen LogP contribution < -0.4 is 0 Å². The van der Waals surface area contributed by atoms with Gasteiger partial charge in [0.15, 0.2) is 0 Å². The van der Waals surface area contributed by atoms with Gasteiger partial charge in [-0.1, -0.05) is 0 Å². The molecule has 2 nitrogen and oxygen atoms in total. The van der Waals surface area contributed by atoms with Crippen LogP contribution in [-0.4, -0.2) is 5.78 Å². The zero-order valence-electron chi connectivity index (χ0n) is 5.36. The Bertz CT molecular complexity index is 80.9. The van der Waals surface area contributed by atoms with E-state index in [1.165, 1.54) is 20.8 Å². The summed E-state index contributed by atoms with van der Waals surface area (Å²) in [7, 11) is 0. The molecule has 0 aliphatic heterocycles. The molecule has 40 valence electrons. The van der Waals surface area contributed by atoms with Gasteiger partial charge in [-0.2, -0.15) is 5.26 Å². The van der Waals surface area contributed by atoms with Gasteiger partial charge in [0, 0.05) is 6.92 Å². The molecule has 0 saturated heterocycles. The number of ketones is 1. The van der Waals surface area contributed by atoms with Crippen LogP contribution in [0.4, 0.5) is 0 Å². The number of hydrogen-bond acceptors (Lipinski definition) is 2. The van der Waals surface area contributed by atoms with Crippen molar-refractivity contribution in [1.82, 2.24) is 0 Å². The minimum absolute atomic E-state index is 0. The standard InChI is InChI=1S/C3H6O.C2H3N.Zr/c1-3(2)4;1-2-3;/h1-2H3;1H3;/q;;+4. The minimum Gasteiger partial charge on any atom is -0.300 e. The molecule has 0 aromatic carbocycles. The summed E-state index contributed by atoms with van der Waals surface area (Å²) in [5.41, 5.74) is 0. The van der Waals surface area contributed by atoms with Crippen LogP contribution in [0, 0.1) is 11.3 Å². The van der Waals surface area contributed by atoms with Gasteiger partial charge >= 0.3 is 26.2 Å². The molecule has 0 atom stereocenters. The Kier molecular flexibility index (Phi) is 30.9. The van der Waals surface area contributed by atoms with Crippen LogP contribution in [-0.2, 0) is 31.0 Å². The predicted molar refractivity (Wildman–Crippen MR) is 27.6 cm³/mol. The SMILES string of the molecule is CC#N.CC(C)=O.[Zr+4]. The summed E-state index contributed by atoms with van der Waals surface area (Å²) in [6.07, 6.45) is 0. The van der Waals surface area contributed by atoms with Crippen molar-refractivity contribution in [1.29, 1.82) is 5.26 Å². The molecular weight excluding hydrogens is 181 g/mol. The van der Waals surface area contributed by atoms with Gasteiger partial charge in [-0.05, 0) is 13.8 Å². The van der Waals surface area contributed by atoms with Crippen molar-refractivity contribution in [3.63, 3.8) is 0 Å². The third-order valence-corrected chi connectivity index (χ3v) is 0. The fraction of sp³-hybridized carbons (Fsp3) is 0.600. The van der Waals surface area contributed by atoms with E-state index in [2.05, 4.69) is 0 Å². The van der Waals surface area contributed by atoms with E-state index >= 15 is 0 Å². The van der Waals surface area contributed by atoms with Gasteiger partial charge in [-0.3, -0.25) is 0 Å². The molecule has 0 saturated carbocycles. The first-order valence-electron chi connectivity index (χ1n) is 1.93. The number of Topliss-reactive ketones (excluding diaryl/α,β-unsaturated/α-hetero) is 1. The molecule has 0 heterocycles. The van der Waals surface area contributed by atoms with Crippen molar-refractivity contribution >= 4 is 5.78 Å². The van der Waals surface area contributed by atoms with E-state index in [-0.39, 0.29) is 32.0 Å². The minimum atomic E-state index is 0. The molecular formula is C5H9NOZr+4. The number of hydrogen-bond donors (Lipinski definition) is 0. The van der Waals surface area contributed by atoms with E-state index in [1.54, 1.807) is 6.07 Å². The third-order valence-electron chi connectivity index (χ3n) is 0. The van der Waals surface area contributed by atoms with Crippen molar-refractivity contribution < 1.29 is 31.0 Å². The van der Waals surface area contributed by atoms with Crippen molar-refractivity contribution in [2.45, 2.75) is 20.8 Å². The normalized spacial score (nSPS) is 4.25. The molecule has 0 aliphatic rings. The van der Waals surface area contributed by atoms with Gasteiger partial charge in [-0.25, -0.2) is 0 Å².